The molecule has 1 amide bonds. The molecule has 0 aliphatic heterocycles. The first-order valence-corrected chi connectivity index (χ1v) is 9.70. The van der Waals surface area contributed by atoms with Crippen molar-refractivity contribution in [2.45, 2.75) is 18.7 Å². The van der Waals surface area contributed by atoms with Gasteiger partial charge in [0.05, 0.1) is 18.4 Å². The highest BCUT2D eigenvalue weighted by molar-refractivity contribution is 9.10. The van der Waals surface area contributed by atoms with Crippen LogP contribution in [0.2, 0.25) is 0 Å². The summed E-state index contributed by atoms with van der Waals surface area (Å²) in [5.74, 6) is -1.04. The Bertz CT molecular complexity index is 973. The van der Waals surface area contributed by atoms with E-state index in [4.69, 9.17) is 0 Å². The minimum Gasteiger partial charge on any atom is -0.465 e. The van der Waals surface area contributed by atoms with E-state index in [0.29, 0.717) is 10.2 Å². The topological polar surface area (TPSA) is 102 Å². The zero-order chi connectivity index (χ0) is 19.5. The first-order valence-electron chi connectivity index (χ1n) is 7.43. The van der Waals surface area contributed by atoms with Crippen molar-refractivity contribution in [2.24, 2.45) is 0 Å². The highest BCUT2D eigenvalue weighted by atomic mass is 79.9. The molecule has 0 saturated carbocycles. The molecule has 0 atom stereocenters. The van der Waals surface area contributed by atoms with Crippen LogP contribution in [-0.2, 0) is 19.6 Å². The lowest BCUT2D eigenvalue weighted by Gasteiger charge is -2.14. The van der Waals surface area contributed by atoms with Gasteiger partial charge in [0.2, 0.25) is 5.91 Å². The van der Waals surface area contributed by atoms with Gasteiger partial charge in [-0.05, 0) is 42.8 Å². The van der Waals surface area contributed by atoms with Crippen molar-refractivity contribution in [1.82, 2.24) is 0 Å². The van der Waals surface area contributed by atoms with Crippen molar-refractivity contribution in [3.63, 3.8) is 0 Å². The number of hydrogen-bond acceptors (Lipinski definition) is 5. The summed E-state index contributed by atoms with van der Waals surface area (Å²) in [6, 6.07) is 8.94. The fourth-order valence-corrected chi connectivity index (χ4v) is 3.81. The summed E-state index contributed by atoms with van der Waals surface area (Å²) < 4.78 is 33.1. The zero-order valence-corrected chi connectivity index (χ0v) is 16.7. The Morgan fingerprint density at radius 3 is 2.42 bits per heavy atom. The van der Waals surface area contributed by atoms with Crippen molar-refractivity contribution in [3.05, 3.63) is 52.0 Å². The number of ether oxygens (including phenoxy) is 1. The predicted molar refractivity (Wildman–Crippen MR) is 102 cm³/mol. The molecular formula is C17H17BrN2O5S. The maximum absolute atomic E-state index is 12.8. The molecule has 2 N–H and O–H groups in total. The van der Waals surface area contributed by atoms with Crippen LogP contribution in [0.5, 0.6) is 0 Å². The summed E-state index contributed by atoms with van der Waals surface area (Å²) in [7, 11) is -2.88. The highest BCUT2D eigenvalue weighted by Crippen LogP contribution is 2.26. The number of esters is 1. The van der Waals surface area contributed by atoms with E-state index in [1.165, 1.54) is 38.3 Å². The quantitative estimate of drug-likeness (QED) is 0.694. The predicted octanol–water partition coefficient (Wildman–Crippen LogP) is 3.30. The number of methoxy groups -OCH3 is 1. The van der Waals surface area contributed by atoms with E-state index in [1.807, 2.05) is 0 Å². The number of anilines is 2. The van der Waals surface area contributed by atoms with Crippen LogP contribution < -0.4 is 10.0 Å². The van der Waals surface area contributed by atoms with Crippen LogP contribution in [0.1, 0.15) is 22.8 Å². The third-order valence-electron chi connectivity index (χ3n) is 3.44. The lowest BCUT2D eigenvalue weighted by Crippen LogP contribution is -2.18. The molecule has 2 aromatic carbocycles. The van der Waals surface area contributed by atoms with Gasteiger partial charge in [-0.3, -0.25) is 9.52 Å². The number of carbonyl (C=O) groups is 2. The summed E-state index contributed by atoms with van der Waals surface area (Å²) in [5.41, 5.74) is 1.42. The van der Waals surface area contributed by atoms with Gasteiger partial charge < -0.3 is 10.1 Å². The van der Waals surface area contributed by atoms with Gasteiger partial charge in [-0.2, -0.15) is 0 Å². The molecule has 0 aliphatic carbocycles. The summed E-state index contributed by atoms with van der Waals surface area (Å²) in [4.78, 5) is 23.0. The molecule has 0 aromatic heterocycles. The number of carbonyl (C=O) groups excluding carboxylic acids is 2. The Balaban J connectivity index is 2.44. The molecule has 0 aliphatic rings. The Kier molecular flexibility index (Phi) is 6.04. The van der Waals surface area contributed by atoms with E-state index in [0.717, 1.165) is 5.56 Å². The number of aryl methyl sites for hydroxylation is 1. The van der Waals surface area contributed by atoms with Crippen molar-refractivity contribution in [1.29, 1.82) is 0 Å². The van der Waals surface area contributed by atoms with E-state index < -0.39 is 16.0 Å². The van der Waals surface area contributed by atoms with Gasteiger partial charge in [0, 0.05) is 17.1 Å². The second-order valence-electron chi connectivity index (χ2n) is 5.45. The SMILES string of the molecule is COC(=O)c1cc(Br)ccc1S(=O)(=O)Nc1ccc(C)c(NC(C)=O)c1. The monoisotopic (exact) mass is 440 g/mol. The molecule has 26 heavy (non-hydrogen) atoms. The lowest BCUT2D eigenvalue weighted by atomic mass is 10.2. The fourth-order valence-electron chi connectivity index (χ4n) is 2.23. The Hall–Kier alpha value is -2.39. The third kappa shape index (κ3) is 4.61. The fraction of sp³-hybridized carbons (Fsp3) is 0.176. The summed E-state index contributed by atoms with van der Waals surface area (Å²) in [6.07, 6.45) is 0. The second kappa shape index (κ2) is 7.88. The normalized spacial score (nSPS) is 10.9. The van der Waals surface area contributed by atoms with Gasteiger partial charge in [-0.15, -0.1) is 0 Å². The number of benzene rings is 2. The maximum Gasteiger partial charge on any atom is 0.339 e. The van der Waals surface area contributed by atoms with Crippen LogP contribution in [0.25, 0.3) is 0 Å². The first-order chi connectivity index (χ1) is 12.1. The van der Waals surface area contributed by atoms with Crippen molar-refractivity contribution >= 4 is 49.2 Å². The molecule has 0 spiro atoms. The molecule has 0 heterocycles. The number of hydrogen-bond donors (Lipinski definition) is 2. The Morgan fingerprint density at radius 1 is 1.12 bits per heavy atom. The molecule has 0 radical (unpaired) electrons. The number of rotatable bonds is 5. The molecule has 2 aromatic rings. The number of nitrogens with one attached hydrogen (secondary N) is 2. The smallest absolute Gasteiger partial charge is 0.339 e. The molecular weight excluding hydrogens is 424 g/mol. The van der Waals surface area contributed by atoms with E-state index in [1.54, 1.807) is 19.1 Å². The van der Waals surface area contributed by atoms with Gasteiger partial charge in [0.15, 0.2) is 0 Å². The van der Waals surface area contributed by atoms with Crippen LogP contribution >= 0.6 is 15.9 Å². The Morgan fingerprint density at radius 2 is 1.81 bits per heavy atom. The van der Waals surface area contributed by atoms with E-state index in [2.05, 4.69) is 30.7 Å². The third-order valence-corrected chi connectivity index (χ3v) is 5.37. The zero-order valence-electron chi connectivity index (χ0n) is 14.3. The molecule has 0 fully saturated rings. The van der Waals surface area contributed by atoms with E-state index in [9.17, 15) is 18.0 Å². The van der Waals surface area contributed by atoms with Crippen LogP contribution in [0.15, 0.2) is 45.8 Å². The number of sulfonamides is 1. The van der Waals surface area contributed by atoms with Crippen LogP contribution in [0, 0.1) is 6.92 Å². The highest BCUT2D eigenvalue weighted by Gasteiger charge is 2.23. The second-order valence-corrected chi connectivity index (χ2v) is 8.01. The summed E-state index contributed by atoms with van der Waals surface area (Å²) in [6.45, 7) is 3.15. The molecule has 138 valence electrons. The van der Waals surface area contributed by atoms with Crippen LogP contribution in [0.4, 0.5) is 11.4 Å². The lowest BCUT2D eigenvalue weighted by molar-refractivity contribution is -0.114. The molecule has 7 nitrogen and oxygen atoms in total. The number of halogens is 1. The molecule has 0 unspecified atom stereocenters. The van der Waals surface area contributed by atoms with E-state index in [-0.39, 0.29) is 22.1 Å². The van der Waals surface area contributed by atoms with Gasteiger partial charge in [0.1, 0.15) is 4.90 Å². The summed E-state index contributed by atoms with van der Waals surface area (Å²) >= 11 is 3.20. The van der Waals surface area contributed by atoms with Crippen molar-refractivity contribution in [2.75, 3.05) is 17.1 Å². The standard InChI is InChI=1S/C17H17BrN2O5S/c1-10-4-6-13(9-15(10)19-11(2)21)20-26(23,24)16-7-5-12(18)8-14(16)17(22)25-3/h4-9,20H,1-3H3,(H,19,21). The van der Waals surface area contributed by atoms with Crippen molar-refractivity contribution in [3.8, 4) is 0 Å². The van der Waals surface area contributed by atoms with Gasteiger partial charge in [0.25, 0.3) is 10.0 Å². The first kappa shape index (κ1) is 19.9. The van der Waals surface area contributed by atoms with E-state index >= 15 is 0 Å². The molecule has 2 rings (SSSR count). The number of amides is 1. The van der Waals surface area contributed by atoms with Gasteiger partial charge in [-0.1, -0.05) is 22.0 Å². The van der Waals surface area contributed by atoms with Crippen molar-refractivity contribution < 1.29 is 22.7 Å². The summed E-state index contributed by atoms with van der Waals surface area (Å²) in [5, 5.41) is 2.63. The average Bonchev–Trinajstić information content (AvgIpc) is 2.56. The van der Waals surface area contributed by atoms with Gasteiger partial charge >= 0.3 is 5.97 Å². The average molecular weight is 441 g/mol. The molecule has 0 bridgehead atoms. The van der Waals surface area contributed by atoms with Gasteiger partial charge in [-0.25, -0.2) is 13.2 Å². The minimum absolute atomic E-state index is 0.0939. The Labute approximate surface area is 159 Å². The minimum atomic E-state index is -4.06. The largest absolute Gasteiger partial charge is 0.465 e. The van der Waals surface area contributed by atoms with Crippen LogP contribution in [0.3, 0.4) is 0 Å². The van der Waals surface area contributed by atoms with Crippen LogP contribution in [-0.4, -0.2) is 27.4 Å². The maximum atomic E-state index is 12.8. The molecule has 9 heteroatoms. The molecule has 0 saturated heterocycles.